The number of nitrogens with one attached hydrogen (secondary N) is 2. The van der Waals surface area contributed by atoms with Gasteiger partial charge in [0.25, 0.3) is 0 Å². The molecule has 2 N–H and O–H groups in total. The molecule has 0 aliphatic carbocycles. The summed E-state index contributed by atoms with van der Waals surface area (Å²) in [5, 5.41) is 5.51. The Labute approximate surface area is 143 Å². The molecule has 6 heteroatoms. The topological polar surface area (TPSA) is 70.7 Å². The zero-order valence-corrected chi connectivity index (χ0v) is 14.7. The maximum Gasteiger partial charge on any atom is 0.313 e. The van der Waals surface area contributed by atoms with Crippen LogP contribution in [0.3, 0.4) is 0 Å². The molecule has 1 atom stereocenters. The first kappa shape index (κ1) is 18.4. The largest absolute Gasteiger partial charge is 0.383 e. The number of carbonyl (C=O) groups is 2. The average molecular weight is 333 g/mol. The van der Waals surface area contributed by atoms with Crippen LogP contribution in [0.4, 0.5) is 5.69 Å². The fourth-order valence-electron chi connectivity index (χ4n) is 3.08. The third kappa shape index (κ3) is 5.62. The highest BCUT2D eigenvalue weighted by molar-refractivity contribution is 6.39. The molecule has 1 aliphatic rings. The summed E-state index contributed by atoms with van der Waals surface area (Å²) in [5.41, 5.74) is 2.75. The van der Waals surface area contributed by atoms with E-state index in [4.69, 9.17) is 4.74 Å². The van der Waals surface area contributed by atoms with Gasteiger partial charge in [-0.15, -0.1) is 0 Å². The van der Waals surface area contributed by atoms with Crippen LogP contribution >= 0.6 is 0 Å². The molecule has 0 aromatic heterocycles. The molecule has 0 saturated carbocycles. The van der Waals surface area contributed by atoms with Crippen molar-refractivity contribution in [3.63, 3.8) is 0 Å². The van der Waals surface area contributed by atoms with Gasteiger partial charge in [0.15, 0.2) is 0 Å². The van der Waals surface area contributed by atoms with Crippen LogP contribution in [0.15, 0.2) is 18.2 Å². The first-order chi connectivity index (χ1) is 11.5. The Hall–Kier alpha value is -1.92. The zero-order valence-electron chi connectivity index (χ0n) is 14.7. The highest BCUT2D eigenvalue weighted by Gasteiger charge is 2.23. The minimum atomic E-state index is -0.617. The Morgan fingerprint density at radius 3 is 2.58 bits per heavy atom. The van der Waals surface area contributed by atoms with Crippen LogP contribution in [-0.2, 0) is 14.3 Å². The van der Waals surface area contributed by atoms with Gasteiger partial charge in [-0.1, -0.05) is 6.07 Å². The maximum atomic E-state index is 12.1. The summed E-state index contributed by atoms with van der Waals surface area (Å²) in [5.74, 6) is -1.19. The molecular formula is C18H27N3O3. The summed E-state index contributed by atoms with van der Waals surface area (Å²) in [6.45, 7) is 7.20. The lowest BCUT2D eigenvalue weighted by Gasteiger charge is -2.32. The second kappa shape index (κ2) is 8.80. The van der Waals surface area contributed by atoms with E-state index < -0.39 is 11.8 Å². The summed E-state index contributed by atoms with van der Waals surface area (Å²) >= 11 is 0. The minimum Gasteiger partial charge on any atom is -0.383 e. The van der Waals surface area contributed by atoms with Crippen molar-refractivity contribution in [2.75, 3.05) is 38.7 Å². The van der Waals surface area contributed by atoms with Gasteiger partial charge in [0.1, 0.15) is 0 Å². The predicted octanol–water partition coefficient (Wildman–Crippen LogP) is 1.47. The van der Waals surface area contributed by atoms with Crippen LogP contribution in [0.1, 0.15) is 24.0 Å². The fraction of sp³-hybridized carbons (Fsp3) is 0.556. The smallest absolute Gasteiger partial charge is 0.313 e. The van der Waals surface area contributed by atoms with Crippen molar-refractivity contribution in [3.05, 3.63) is 29.3 Å². The molecule has 2 rings (SSSR count). The quantitative estimate of drug-likeness (QED) is 0.801. The second-order valence-electron chi connectivity index (χ2n) is 6.44. The number of nitrogens with zero attached hydrogens (tertiary/aromatic N) is 1. The molecule has 0 radical (unpaired) electrons. The Balaban J connectivity index is 1.85. The van der Waals surface area contributed by atoms with Gasteiger partial charge in [0, 0.05) is 31.9 Å². The number of hydrogen-bond donors (Lipinski definition) is 2. The zero-order chi connectivity index (χ0) is 17.5. The lowest BCUT2D eigenvalue weighted by molar-refractivity contribution is -0.136. The standard InChI is InChI=1S/C18H27N3O3/c1-13-9-14(2)11-16(10-13)20-18(23)17(22)19-15-5-4-6-21(12-15)7-8-24-3/h9-11,15H,4-8,12H2,1-3H3,(H,19,22)(H,20,23)/t15-/m1/s1. The van der Waals surface area contributed by atoms with Gasteiger partial charge in [-0.05, 0) is 56.5 Å². The number of anilines is 1. The Morgan fingerprint density at radius 1 is 1.21 bits per heavy atom. The van der Waals surface area contributed by atoms with E-state index >= 15 is 0 Å². The maximum absolute atomic E-state index is 12.1. The van der Waals surface area contributed by atoms with Crippen molar-refractivity contribution in [2.45, 2.75) is 32.7 Å². The SMILES string of the molecule is COCCN1CCC[C@@H](NC(=O)C(=O)Nc2cc(C)cc(C)c2)C1. The molecule has 132 valence electrons. The number of rotatable bonds is 5. The van der Waals surface area contributed by atoms with Gasteiger partial charge in [-0.25, -0.2) is 0 Å². The molecule has 1 aliphatic heterocycles. The number of amides is 2. The van der Waals surface area contributed by atoms with Crippen LogP contribution in [-0.4, -0.2) is 56.1 Å². The van der Waals surface area contributed by atoms with Crippen LogP contribution in [0.2, 0.25) is 0 Å². The number of benzene rings is 1. The Kier molecular flexibility index (Phi) is 6.75. The molecule has 1 saturated heterocycles. The molecule has 24 heavy (non-hydrogen) atoms. The molecular weight excluding hydrogens is 306 g/mol. The number of ether oxygens (including phenoxy) is 1. The van der Waals surface area contributed by atoms with Gasteiger partial charge < -0.3 is 15.4 Å². The predicted molar refractivity (Wildman–Crippen MR) is 94.0 cm³/mol. The van der Waals surface area contributed by atoms with Gasteiger partial charge in [0.05, 0.1) is 6.61 Å². The van der Waals surface area contributed by atoms with Gasteiger partial charge in [-0.3, -0.25) is 14.5 Å². The third-order valence-electron chi connectivity index (χ3n) is 4.14. The van der Waals surface area contributed by atoms with Gasteiger partial charge >= 0.3 is 11.8 Å². The Bertz CT molecular complexity index is 569. The van der Waals surface area contributed by atoms with E-state index in [1.54, 1.807) is 7.11 Å². The molecule has 6 nitrogen and oxygen atoms in total. The van der Waals surface area contributed by atoms with Crippen LogP contribution in [0.5, 0.6) is 0 Å². The van der Waals surface area contributed by atoms with E-state index in [-0.39, 0.29) is 6.04 Å². The van der Waals surface area contributed by atoms with E-state index in [1.807, 2.05) is 32.0 Å². The Morgan fingerprint density at radius 2 is 1.92 bits per heavy atom. The first-order valence-electron chi connectivity index (χ1n) is 8.39. The summed E-state index contributed by atoms with van der Waals surface area (Å²) in [7, 11) is 1.68. The fourth-order valence-corrected chi connectivity index (χ4v) is 3.08. The summed E-state index contributed by atoms with van der Waals surface area (Å²) in [4.78, 5) is 26.5. The van der Waals surface area contributed by atoms with Crippen molar-refractivity contribution in [1.29, 1.82) is 0 Å². The molecule has 0 bridgehead atoms. The van der Waals surface area contributed by atoms with E-state index in [1.165, 1.54) is 0 Å². The van der Waals surface area contributed by atoms with Crippen molar-refractivity contribution < 1.29 is 14.3 Å². The van der Waals surface area contributed by atoms with Crippen molar-refractivity contribution in [1.82, 2.24) is 10.2 Å². The minimum absolute atomic E-state index is 0.00750. The molecule has 0 spiro atoms. The van der Waals surface area contributed by atoms with E-state index in [0.29, 0.717) is 12.3 Å². The van der Waals surface area contributed by atoms with Crippen molar-refractivity contribution >= 4 is 17.5 Å². The van der Waals surface area contributed by atoms with E-state index in [2.05, 4.69) is 15.5 Å². The lowest BCUT2D eigenvalue weighted by atomic mass is 10.1. The monoisotopic (exact) mass is 333 g/mol. The normalized spacial score (nSPS) is 18.2. The molecule has 0 unspecified atom stereocenters. The van der Waals surface area contributed by atoms with Crippen LogP contribution in [0, 0.1) is 13.8 Å². The highest BCUT2D eigenvalue weighted by Crippen LogP contribution is 2.14. The summed E-state index contributed by atoms with van der Waals surface area (Å²) in [6, 6.07) is 5.73. The van der Waals surface area contributed by atoms with Crippen LogP contribution in [0.25, 0.3) is 0 Å². The number of likely N-dealkylation sites (tertiary alicyclic amines) is 1. The number of aryl methyl sites for hydroxylation is 2. The molecule has 1 fully saturated rings. The molecule has 1 aromatic rings. The number of piperidine rings is 1. The lowest BCUT2D eigenvalue weighted by Crippen LogP contribution is -2.50. The number of methoxy groups -OCH3 is 1. The van der Waals surface area contributed by atoms with Gasteiger partial charge in [-0.2, -0.15) is 0 Å². The van der Waals surface area contributed by atoms with E-state index in [9.17, 15) is 9.59 Å². The first-order valence-corrected chi connectivity index (χ1v) is 8.39. The second-order valence-corrected chi connectivity index (χ2v) is 6.44. The number of hydrogen-bond acceptors (Lipinski definition) is 4. The van der Waals surface area contributed by atoms with Gasteiger partial charge in [0.2, 0.25) is 0 Å². The summed E-state index contributed by atoms with van der Waals surface area (Å²) in [6.07, 6.45) is 1.90. The summed E-state index contributed by atoms with van der Waals surface area (Å²) < 4.78 is 5.09. The molecule has 2 amide bonds. The average Bonchev–Trinajstić information content (AvgIpc) is 2.52. The number of carbonyl (C=O) groups excluding carboxylic acids is 2. The van der Waals surface area contributed by atoms with Crippen LogP contribution < -0.4 is 10.6 Å². The third-order valence-corrected chi connectivity index (χ3v) is 4.14. The molecule has 1 aromatic carbocycles. The van der Waals surface area contributed by atoms with E-state index in [0.717, 1.165) is 43.6 Å². The van der Waals surface area contributed by atoms with Crippen molar-refractivity contribution in [2.24, 2.45) is 0 Å². The van der Waals surface area contributed by atoms with Crippen molar-refractivity contribution in [3.8, 4) is 0 Å². The molecule has 1 heterocycles. The highest BCUT2D eigenvalue weighted by atomic mass is 16.5.